The average Bonchev–Trinajstić information content (AvgIpc) is 2.97. The molecule has 1 aromatic carbocycles. The first-order valence-electron chi connectivity index (χ1n) is 11.1. The molecule has 1 atom stereocenters. The minimum Gasteiger partial charge on any atom is -0.395 e. The molecule has 186 valence electrons. The van der Waals surface area contributed by atoms with Crippen molar-refractivity contribution in [2.24, 2.45) is 5.41 Å². The van der Waals surface area contributed by atoms with E-state index in [1.807, 2.05) is 11.9 Å². The molecule has 0 bridgehead atoms. The quantitative estimate of drug-likeness (QED) is 0.533. The Bertz CT molecular complexity index is 1080. The lowest BCUT2D eigenvalue weighted by Gasteiger charge is -2.30. The molecule has 1 aliphatic heterocycles. The number of imidazole rings is 1. The molecule has 0 aliphatic carbocycles. The zero-order valence-electron chi connectivity index (χ0n) is 19.7. The van der Waals surface area contributed by atoms with Crippen molar-refractivity contribution in [2.75, 3.05) is 26.7 Å². The van der Waals surface area contributed by atoms with E-state index in [-0.39, 0.29) is 35.3 Å². The average molecular weight is 498 g/mol. The highest BCUT2D eigenvalue weighted by atomic mass is 35.5. The fourth-order valence-corrected chi connectivity index (χ4v) is 4.12. The fraction of sp³-hybridized carbons (Fsp3) is 0.522. The first-order chi connectivity index (χ1) is 15.9. The van der Waals surface area contributed by atoms with Gasteiger partial charge < -0.3 is 25.2 Å². The minimum atomic E-state index is -0.909. The van der Waals surface area contributed by atoms with Gasteiger partial charge in [-0.25, -0.2) is 13.8 Å². The van der Waals surface area contributed by atoms with Crippen molar-refractivity contribution < 1.29 is 23.5 Å². The van der Waals surface area contributed by atoms with Crippen LogP contribution in [0.5, 0.6) is 0 Å². The second kappa shape index (κ2) is 10.4. The number of carbonyl (C=O) groups excluding carboxylic acids is 2. The molecule has 2 amide bonds. The van der Waals surface area contributed by atoms with Crippen molar-refractivity contribution >= 4 is 23.4 Å². The van der Waals surface area contributed by atoms with Crippen molar-refractivity contribution in [2.45, 2.75) is 46.3 Å². The third kappa shape index (κ3) is 5.56. The smallest absolute Gasteiger partial charge is 0.272 e. The van der Waals surface area contributed by atoms with Crippen LogP contribution < -0.4 is 10.6 Å². The third-order valence-corrected chi connectivity index (χ3v) is 5.98. The molecule has 1 aromatic heterocycles. The van der Waals surface area contributed by atoms with Crippen LogP contribution in [-0.4, -0.2) is 64.2 Å². The number of rotatable bonds is 6. The molecule has 0 fully saturated rings. The summed E-state index contributed by atoms with van der Waals surface area (Å²) in [6.07, 6.45) is 0.735. The van der Waals surface area contributed by atoms with Gasteiger partial charge in [0.25, 0.3) is 5.91 Å². The van der Waals surface area contributed by atoms with Crippen LogP contribution in [0.3, 0.4) is 0 Å². The molecule has 8 nitrogen and oxygen atoms in total. The maximum Gasteiger partial charge on any atom is 0.272 e. The summed E-state index contributed by atoms with van der Waals surface area (Å²) in [5.41, 5.74) is -0.0184. The number of halogens is 3. The second-order valence-electron chi connectivity index (χ2n) is 9.51. The summed E-state index contributed by atoms with van der Waals surface area (Å²) >= 11 is 5.91. The Morgan fingerprint density at radius 3 is 2.59 bits per heavy atom. The van der Waals surface area contributed by atoms with Gasteiger partial charge in [-0.2, -0.15) is 0 Å². The van der Waals surface area contributed by atoms with E-state index in [9.17, 15) is 18.4 Å². The number of hydrogen-bond donors (Lipinski definition) is 3. The van der Waals surface area contributed by atoms with Crippen LogP contribution in [0, 0.1) is 17.0 Å². The van der Waals surface area contributed by atoms with Gasteiger partial charge in [-0.05, 0) is 31.5 Å². The van der Waals surface area contributed by atoms with Gasteiger partial charge in [0, 0.05) is 25.7 Å². The summed E-state index contributed by atoms with van der Waals surface area (Å²) in [7, 11) is 1.90. The Hall–Kier alpha value is -2.56. The van der Waals surface area contributed by atoms with Gasteiger partial charge in [0.05, 0.1) is 22.9 Å². The summed E-state index contributed by atoms with van der Waals surface area (Å²) in [5, 5.41) is 14.1. The van der Waals surface area contributed by atoms with Gasteiger partial charge in [0.1, 0.15) is 23.5 Å². The summed E-state index contributed by atoms with van der Waals surface area (Å²) in [6.45, 7) is 6.85. The van der Waals surface area contributed by atoms with Crippen molar-refractivity contribution in [1.82, 2.24) is 25.1 Å². The lowest BCUT2D eigenvalue weighted by molar-refractivity contribution is -0.125. The Morgan fingerprint density at radius 2 is 1.94 bits per heavy atom. The molecule has 2 aromatic rings. The van der Waals surface area contributed by atoms with Crippen LogP contribution in [0.15, 0.2) is 12.1 Å². The van der Waals surface area contributed by atoms with E-state index in [1.165, 1.54) is 6.07 Å². The number of carbonyl (C=O) groups is 2. The summed E-state index contributed by atoms with van der Waals surface area (Å²) < 4.78 is 30.2. The van der Waals surface area contributed by atoms with Gasteiger partial charge in [0.2, 0.25) is 5.91 Å². The van der Waals surface area contributed by atoms with Crippen molar-refractivity contribution in [3.05, 3.63) is 40.2 Å². The highest BCUT2D eigenvalue weighted by Gasteiger charge is 2.35. The lowest BCUT2D eigenvalue weighted by atomic mass is 9.86. The van der Waals surface area contributed by atoms with Gasteiger partial charge in [-0.1, -0.05) is 32.4 Å². The van der Waals surface area contributed by atoms with Crippen molar-refractivity contribution in [3.8, 4) is 11.4 Å². The molecule has 0 saturated heterocycles. The molecule has 34 heavy (non-hydrogen) atoms. The molecule has 3 rings (SSSR count). The van der Waals surface area contributed by atoms with Crippen molar-refractivity contribution in [3.63, 3.8) is 0 Å². The molecule has 0 spiro atoms. The molecular formula is C23H30ClF2N5O3. The number of amides is 2. The Kier molecular flexibility index (Phi) is 7.95. The van der Waals surface area contributed by atoms with Crippen LogP contribution >= 0.6 is 11.6 Å². The van der Waals surface area contributed by atoms with E-state index in [0.29, 0.717) is 24.8 Å². The van der Waals surface area contributed by atoms with Gasteiger partial charge >= 0.3 is 0 Å². The summed E-state index contributed by atoms with van der Waals surface area (Å²) in [6, 6.07) is 0.953. The normalized spacial score (nSPS) is 15.4. The van der Waals surface area contributed by atoms with Crippen LogP contribution in [0.1, 0.15) is 43.4 Å². The molecule has 2 heterocycles. The number of aliphatic hydroxyl groups is 1. The summed E-state index contributed by atoms with van der Waals surface area (Å²) in [5.74, 6) is -2.57. The topological polar surface area (TPSA) is 99.5 Å². The zero-order chi connectivity index (χ0) is 25.2. The van der Waals surface area contributed by atoms with Gasteiger partial charge in [-0.3, -0.25) is 9.59 Å². The molecular weight excluding hydrogens is 468 g/mol. The number of aromatic nitrogens is 2. The van der Waals surface area contributed by atoms with E-state index in [4.69, 9.17) is 16.7 Å². The van der Waals surface area contributed by atoms with Crippen LogP contribution in [0.25, 0.3) is 11.4 Å². The maximum atomic E-state index is 14.7. The van der Waals surface area contributed by atoms with E-state index in [1.54, 1.807) is 25.3 Å². The second-order valence-corrected chi connectivity index (χ2v) is 9.91. The number of hydrogen-bond acceptors (Lipinski definition) is 5. The SMILES string of the molecule is CN1CCCn2c(-c3cc(Cl)c(F)cc3F)nc(C(=O)N[C@H](C(=O)NCCO)C(C)(C)C)c2C1. The lowest BCUT2D eigenvalue weighted by Crippen LogP contribution is -2.54. The predicted molar refractivity (Wildman–Crippen MR) is 124 cm³/mol. The van der Waals surface area contributed by atoms with Gasteiger partial charge in [-0.15, -0.1) is 0 Å². The van der Waals surface area contributed by atoms with Crippen LogP contribution in [0.2, 0.25) is 5.02 Å². The number of benzene rings is 1. The Morgan fingerprint density at radius 1 is 1.24 bits per heavy atom. The standard InChI is InChI=1S/C23H30ClF2N5O3/c1-23(2,3)19(22(34)27-6-9-32)29-21(33)18-17-12-30(4)7-5-8-31(17)20(28-18)13-10-14(24)16(26)11-15(13)25/h10-11,19,32H,5-9,12H2,1-4H3,(H,27,34)(H,29,33)/t19-/m1/s1. The van der Waals surface area contributed by atoms with E-state index in [2.05, 4.69) is 15.6 Å². The maximum absolute atomic E-state index is 14.7. The largest absolute Gasteiger partial charge is 0.395 e. The molecule has 0 unspecified atom stereocenters. The first-order valence-corrected chi connectivity index (χ1v) is 11.4. The molecule has 3 N–H and O–H groups in total. The van der Waals surface area contributed by atoms with E-state index in [0.717, 1.165) is 13.0 Å². The molecule has 0 saturated carbocycles. The zero-order valence-corrected chi connectivity index (χ0v) is 20.5. The number of fused-ring (bicyclic) bond motifs is 1. The highest BCUT2D eigenvalue weighted by molar-refractivity contribution is 6.31. The number of nitrogens with zero attached hydrogens (tertiary/aromatic N) is 3. The Labute approximate surface area is 202 Å². The number of nitrogens with one attached hydrogen (secondary N) is 2. The minimum absolute atomic E-state index is 0.00990. The molecule has 11 heteroatoms. The number of aliphatic hydroxyl groups excluding tert-OH is 1. The van der Waals surface area contributed by atoms with Gasteiger partial charge in [0.15, 0.2) is 5.69 Å². The predicted octanol–water partition coefficient (Wildman–Crippen LogP) is 2.57. The monoisotopic (exact) mass is 497 g/mol. The summed E-state index contributed by atoms with van der Waals surface area (Å²) in [4.78, 5) is 32.6. The molecule has 0 radical (unpaired) electrons. The van der Waals surface area contributed by atoms with Crippen LogP contribution in [0.4, 0.5) is 8.78 Å². The van der Waals surface area contributed by atoms with Crippen molar-refractivity contribution in [1.29, 1.82) is 0 Å². The Balaban J connectivity index is 2.06. The first kappa shape index (κ1) is 26.1. The van der Waals surface area contributed by atoms with E-state index < -0.39 is 34.9 Å². The molecule has 1 aliphatic rings. The highest BCUT2D eigenvalue weighted by Crippen LogP contribution is 2.31. The fourth-order valence-electron chi connectivity index (χ4n) is 3.96. The van der Waals surface area contributed by atoms with Crippen LogP contribution in [-0.2, 0) is 17.9 Å². The van der Waals surface area contributed by atoms with E-state index >= 15 is 0 Å². The third-order valence-electron chi connectivity index (χ3n) is 5.69.